The number of fused-ring (bicyclic) bond motifs is 1. The number of halogens is 1. The van der Waals surface area contributed by atoms with Gasteiger partial charge in [0.15, 0.2) is 0 Å². The van der Waals surface area contributed by atoms with Gasteiger partial charge in [0.25, 0.3) is 0 Å². The topological polar surface area (TPSA) is 32.3 Å². The van der Waals surface area contributed by atoms with Crippen LogP contribution in [0.5, 0.6) is 0 Å². The summed E-state index contributed by atoms with van der Waals surface area (Å²) in [6.45, 7) is 0. The fourth-order valence-corrected chi connectivity index (χ4v) is 2.36. The van der Waals surface area contributed by atoms with Crippen LogP contribution in [0.3, 0.4) is 0 Å². The lowest BCUT2D eigenvalue weighted by Gasteiger charge is -2.35. The second kappa shape index (κ2) is 2.67. The fraction of sp³-hybridized carbons (Fsp3) is 0.364. The largest absolute Gasteiger partial charge is 0.358 e. The number of benzene rings is 1. The minimum atomic E-state index is -0.294. The molecule has 1 aromatic carbocycles. The molecule has 3 rings (SSSR count). The third-order valence-electron chi connectivity index (χ3n) is 3.36. The summed E-state index contributed by atoms with van der Waals surface area (Å²) >= 11 is 5.95. The van der Waals surface area contributed by atoms with Crippen LogP contribution in [0.25, 0.3) is 0 Å². The Balaban J connectivity index is 2.14. The Bertz CT molecular complexity index is 454. The van der Waals surface area contributed by atoms with Crippen molar-refractivity contribution in [2.45, 2.75) is 18.4 Å². The highest BCUT2D eigenvalue weighted by molar-refractivity contribution is 6.31. The van der Waals surface area contributed by atoms with Gasteiger partial charge in [-0.1, -0.05) is 11.6 Å². The van der Waals surface area contributed by atoms with Crippen LogP contribution >= 0.6 is 11.6 Å². The average molecular weight is 223 g/mol. The van der Waals surface area contributed by atoms with E-state index in [0.29, 0.717) is 5.02 Å². The summed E-state index contributed by atoms with van der Waals surface area (Å²) in [5.74, 6) is 0.111. The monoisotopic (exact) mass is 222 g/mol. The number of hydrogen-bond donors (Lipinski definition) is 1. The smallest absolute Gasteiger partial charge is 0.250 e. The van der Waals surface area contributed by atoms with Gasteiger partial charge in [0.2, 0.25) is 5.91 Å². The Hall–Kier alpha value is -1.22. The van der Waals surface area contributed by atoms with Crippen molar-refractivity contribution in [2.75, 3.05) is 17.3 Å². The van der Waals surface area contributed by atoms with Crippen LogP contribution in [0.15, 0.2) is 18.2 Å². The standard InChI is InChI=1S/C11H11ClN2O/c1-14-9-6-7(12)2-3-8(9)13-10(15)11(14)4-5-11/h2-3,6H,4-5H2,1H3,(H,13,15). The second-order valence-corrected chi connectivity index (χ2v) is 4.64. The Morgan fingerprint density at radius 2 is 2.20 bits per heavy atom. The maximum atomic E-state index is 11.9. The van der Waals surface area contributed by atoms with Gasteiger partial charge in [-0.15, -0.1) is 0 Å². The minimum absolute atomic E-state index is 0.111. The van der Waals surface area contributed by atoms with E-state index >= 15 is 0 Å². The number of anilines is 2. The van der Waals surface area contributed by atoms with Gasteiger partial charge in [-0.2, -0.15) is 0 Å². The first-order chi connectivity index (χ1) is 7.13. The molecule has 1 amide bonds. The summed E-state index contributed by atoms with van der Waals surface area (Å²) in [5.41, 5.74) is 1.57. The Morgan fingerprint density at radius 1 is 1.47 bits per heavy atom. The first kappa shape index (κ1) is 9.04. The van der Waals surface area contributed by atoms with Crippen molar-refractivity contribution in [1.82, 2.24) is 0 Å². The lowest BCUT2D eigenvalue weighted by atomic mass is 10.1. The number of carbonyl (C=O) groups excluding carboxylic acids is 1. The second-order valence-electron chi connectivity index (χ2n) is 4.21. The molecular formula is C11H11ClN2O. The van der Waals surface area contributed by atoms with Crippen LogP contribution in [0.2, 0.25) is 5.02 Å². The predicted octanol–water partition coefficient (Wildman–Crippen LogP) is 2.26. The van der Waals surface area contributed by atoms with Crippen molar-refractivity contribution < 1.29 is 4.79 Å². The quantitative estimate of drug-likeness (QED) is 0.730. The van der Waals surface area contributed by atoms with E-state index < -0.39 is 0 Å². The van der Waals surface area contributed by atoms with Gasteiger partial charge < -0.3 is 10.2 Å². The van der Waals surface area contributed by atoms with Crippen molar-refractivity contribution in [1.29, 1.82) is 0 Å². The molecule has 0 unspecified atom stereocenters. The highest BCUT2D eigenvalue weighted by Gasteiger charge is 2.56. The van der Waals surface area contributed by atoms with Gasteiger partial charge in [-0.25, -0.2) is 0 Å². The molecule has 1 N–H and O–H groups in total. The number of carbonyl (C=O) groups is 1. The summed E-state index contributed by atoms with van der Waals surface area (Å²) in [6.07, 6.45) is 1.86. The zero-order valence-corrected chi connectivity index (χ0v) is 9.14. The molecule has 78 valence electrons. The van der Waals surface area contributed by atoms with Gasteiger partial charge in [0.05, 0.1) is 11.4 Å². The molecule has 2 aliphatic rings. The number of hydrogen-bond acceptors (Lipinski definition) is 2. The van der Waals surface area contributed by atoms with E-state index in [1.54, 1.807) is 6.07 Å². The van der Waals surface area contributed by atoms with E-state index in [0.717, 1.165) is 24.2 Å². The van der Waals surface area contributed by atoms with Crippen LogP contribution in [-0.4, -0.2) is 18.5 Å². The Morgan fingerprint density at radius 3 is 2.87 bits per heavy atom. The first-order valence-corrected chi connectivity index (χ1v) is 5.36. The first-order valence-electron chi connectivity index (χ1n) is 4.98. The van der Waals surface area contributed by atoms with Crippen molar-refractivity contribution in [3.05, 3.63) is 23.2 Å². The van der Waals surface area contributed by atoms with E-state index in [-0.39, 0.29) is 11.4 Å². The molecule has 1 fully saturated rings. The highest BCUT2D eigenvalue weighted by atomic mass is 35.5. The Kier molecular flexibility index (Phi) is 1.61. The number of nitrogens with zero attached hydrogens (tertiary/aromatic N) is 1. The number of nitrogens with one attached hydrogen (secondary N) is 1. The summed E-state index contributed by atoms with van der Waals surface area (Å²) in [5, 5.41) is 3.63. The molecule has 0 atom stereocenters. The van der Waals surface area contributed by atoms with Crippen molar-refractivity contribution >= 4 is 28.9 Å². The van der Waals surface area contributed by atoms with Gasteiger partial charge in [0, 0.05) is 12.1 Å². The van der Waals surface area contributed by atoms with Crippen LogP contribution < -0.4 is 10.2 Å². The summed E-state index contributed by atoms with van der Waals surface area (Å²) in [4.78, 5) is 13.9. The van der Waals surface area contributed by atoms with Gasteiger partial charge in [-0.05, 0) is 31.0 Å². The van der Waals surface area contributed by atoms with Crippen LogP contribution in [0.4, 0.5) is 11.4 Å². The molecule has 1 spiro atoms. The molecule has 15 heavy (non-hydrogen) atoms. The lowest BCUT2D eigenvalue weighted by molar-refractivity contribution is -0.118. The molecule has 0 aromatic heterocycles. The lowest BCUT2D eigenvalue weighted by Crippen LogP contribution is -2.48. The molecule has 1 aromatic rings. The zero-order valence-electron chi connectivity index (χ0n) is 8.38. The molecule has 1 saturated carbocycles. The zero-order chi connectivity index (χ0) is 10.6. The van der Waals surface area contributed by atoms with Crippen molar-refractivity contribution in [3.8, 4) is 0 Å². The summed E-state index contributed by atoms with van der Waals surface area (Å²) < 4.78 is 0. The van der Waals surface area contributed by atoms with Gasteiger partial charge >= 0.3 is 0 Å². The molecule has 0 saturated heterocycles. The highest BCUT2D eigenvalue weighted by Crippen LogP contribution is 2.49. The normalized spacial score (nSPS) is 21.2. The number of likely N-dealkylation sites (N-methyl/N-ethyl adjacent to an activating group) is 1. The van der Waals surface area contributed by atoms with E-state index in [2.05, 4.69) is 5.32 Å². The fourth-order valence-electron chi connectivity index (χ4n) is 2.19. The third-order valence-corrected chi connectivity index (χ3v) is 3.59. The van der Waals surface area contributed by atoms with E-state index in [1.165, 1.54) is 0 Å². The van der Waals surface area contributed by atoms with E-state index in [1.807, 2.05) is 24.1 Å². The summed E-state index contributed by atoms with van der Waals surface area (Å²) in [6, 6.07) is 5.54. The molecule has 1 aliphatic carbocycles. The van der Waals surface area contributed by atoms with E-state index in [4.69, 9.17) is 11.6 Å². The van der Waals surface area contributed by atoms with Crippen molar-refractivity contribution in [3.63, 3.8) is 0 Å². The molecule has 1 heterocycles. The van der Waals surface area contributed by atoms with Crippen LogP contribution in [0, 0.1) is 0 Å². The molecule has 0 radical (unpaired) electrons. The van der Waals surface area contributed by atoms with E-state index in [9.17, 15) is 4.79 Å². The van der Waals surface area contributed by atoms with Gasteiger partial charge in [0.1, 0.15) is 5.54 Å². The van der Waals surface area contributed by atoms with Crippen LogP contribution in [-0.2, 0) is 4.79 Å². The molecule has 4 heteroatoms. The average Bonchev–Trinajstić information content (AvgIpc) is 2.99. The Labute approximate surface area is 93.0 Å². The SMILES string of the molecule is CN1c2cc(Cl)ccc2NC(=O)C12CC2. The van der Waals surface area contributed by atoms with Crippen molar-refractivity contribution in [2.24, 2.45) is 0 Å². The predicted molar refractivity (Wildman–Crippen MR) is 60.4 cm³/mol. The minimum Gasteiger partial charge on any atom is -0.358 e. The number of amides is 1. The maximum Gasteiger partial charge on any atom is 0.250 e. The molecule has 0 bridgehead atoms. The maximum absolute atomic E-state index is 11.9. The number of rotatable bonds is 0. The molecular weight excluding hydrogens is 212 g/mol. The molecule has 1 aliphatic heterocycles. The third kappa shape index (κ3) is 1.10. The molecule has 3 nitrogen and oxygen atoms in total. The summed E-state index contributed by atoms with van der Waals surface area (Å²) in [7, 11) is 1.96. The van der Waals surface area contributed by atoms with Gasteiger partial charge in [-0.3, -0.25) is 4.79 Å². The van der Waals surface area contributed by atoms with Crippen LogP contribution in [0.1, 0.15) is 12.8 Å².